The molecule has 0 nitrogen and oxygen atoms in total. The Morgan fingerprint density at radius 1 is 0.181 bits per heavy atom. The van der Waals surface area contributed by atoms with Gasteiger partial charge in [0.2, 0.25) is 0 Å². The Hall–Kier alpha value is -12.5. The van der Waals surface area contributed by atoms with Crippen LogP contribution >= 0.6 is 11.3 Å². The van der Waals surface area contributed by atoms with Crippen LogP contribution in [0.25, 0.3) is 195 Å². The molecule has 0 saturated carbocycles. The molecule has 0 bridgehead atoms. The van der Waals surface area contributed by atoms with Gasteiger partial charge in [-0.25, -0.2) is 0 Å². The molecule has 0 unspecified atom stereocenters. The van der Waals surface area contributed by atoms with Crippen LogP contribution < -0.4 is 0 Å². The third kappa shape index (κ3) is 9.44. The number of rotatable bonds is 6. The first kappa shape index (κ1) is 61.2. The minimum atomic E-state index is -0.0527. The molecule has 0 spiro atoms. The Bertz CT molecular complexity index is 6940. The molecular weight excluding hydrogens is 1280 g/mol. The van der Waals surface area contributed by atoms with Gasteiger partial charge in [-0.2, -0.15) is 0 Å². The number of fused-ring (bicyclic) bond motifs is 20. The molecule has 22 rings (SSSR count). The zero-order valence-corrected chi connectivity index (χ0v) is 59.7. The van der Waals surface area contributed by atoms with Crippen molar-refractivity contribution < 1.29 is 0 Å². The van der Waals surface area contributed by atoms with Crippen molar-refractivity contribution in [3.8, 4) is 89.0 Å². The molecule has 0 amide bonds. The van der Waals surface area contributed by atoms with Gasteiger partial charge >= 0.3 is 0 Å². The smallest absolute Gasteiger partial charge is 0.0355 e. The van der Waals surface area contributed by atoms with Gasteiger partial charge in [-0.3, -0.25) is 0 Å². The molecule has 2 aliphatic carbocycles. The first-order valence-corrected chi connectivity index (χ1v) is 37.7. The standard InChI is InChI=1S/C53H36.C51H34S/c1-53(2)49-30-28-38(31-48(49)46-29-27-35-12-4-6-14-41(35)52(46)53)33-19-24-37(25-20-33)50-42-15-7-9-17-44(42)51(45-18-10-8-16-43(45)50)39-26-23-36-22-21-34-11-3-5-13-40(34)47(36)32-39;1-51(2)45-27-24-34(29-43(45)42-26-23-32-11-3-4-12-36(32)50(42)51)31-19-21-33(22-20-31)48-38-14-5-7-16-40(38)49(41-17-8-6-15-39(41)48)35-25-28-47-44(30-35)37-13-9-10-18-46(37)52-47/h3-32H,1-2H3;3-30H,1-2H3. The topological polar surface area (TPSA) is 0 Å². The predicted molar refractivity (Wildman–Crippen MR) is 454 cm³/mol. The summed E-state index contributed by atoms with van der Waals surface area (Å²) in [6.07, 6.45) is 0. The van der Waals surface area contributed by atoms with E-state index in [1.165, 1.54) is 218 Å². The zero-order chi connectivity index (χ0) is 69.8. The second-order valence-electron chi connectivity index (χ2n) is 30.1. The van der Waals surface area contributed by atoms with E-state index in [9.17, 15) is 0 Å². The highest BCUT2D eigenvalue weighted by Gasteiger charge is 2.39. The number of hydrogen-bond acceptors (Lipinski definition) is 1. The van der Waals surface area contributed by atoms with Crippen molar-refractivity contribution in [1.82, 2.24) is 0 Å². The van der Waals surface area contributed by atoms with Gasteiger partial charge in [-0.05, 0) is 234 Å². The fraction of sp³-hybridized carbons (Fsp3) is 0.0577. The minimum Gasteiger partial charge on any atom is -0.135 e. The average molecular weight is 1350 g/mol. The Balaban J connectivity index is 0.000000135. The van der Waals surface area contributed by atoms with E-state index >= 15 is 0 Å². The normalized spacial score (nSPS) is 13.3. The Morgan fingerprint density at radius 2 is 0.467 bits per heavy atom. The lowest BCUT2D eigenvalue weighted by Gasteiger charge is -2.23. The maximum absolute atomic E-state index is 2.42. The second-order valence-corrected chi connectivity index (χ2v) is 31.1. The summed E-state index contributed by atoms with van der Waals surface area (Å²) in [6.45, 7) is 9.50. The lowest BCUT2D eigenvalue weighted by atomic mass is 9.80. The van der Waals surface area contributed by atoms with Gasteiger partial charge in [-0.15, -0.1) is 11.3 Å². The first-order chi connectivity index (χ1) is 51.6. The summed E-state index contributed by atoms with van der Waals surface area (Å²) in [5.74, 6) is 0. The molecule has 492 valence electrons. The molecule has 1 heterocycles. The summed E-state index contributed by atoms with van der Waals surface area (Å²) in [5.41, 5.74) is 26.2. The molecule has 1 aromatic heterocycles. The van der Waals surface area contributed by atoms with Crippen molar-refractivity contribution in [2.75, 3.05) is 0 Å². The summed E-state index contributed by atoms with van der Waals surface area (Å²) >= 11 is 1.87. The third-order valence-electron chi connectivity index (χ3n) is 23.7. The van der Waals surface area contributed by atoms with Gasteiger partial charge < -0.3 is 0 Å². The van der Waals surface area contributed by atoms with Gasteiger partial charge in [0, 0.05) is 31.0 Å². The van der Waals surface area contributed by atoms with Crippen LogP contribution in [0.5, 0.6) is 0 Å². The molecule has 0 N–H and O–H groups in total. The average Bonchev–Trinajstić information content (AvgIpc) is 1.66. The monoisotopic (exact) mass is 1350 g/mol. The highest BCUT2D eigenvalue weighted by Crippen LogP contribution is 2.55. The predicted octanol–water partition coefficient (Wildman–Crippen LogP) is 29.6. The molecule has 20 aromatic rings. The van der Waals surface area contributed by atoms with E-state index in [4.69, 9.17) is 0 Å². The Morgan fingerprint density at radius 3 is 0.905 bits per heavy atom. The molecule has 19 aromatic carbocycles. The highest BCUT2D eigenvalue weighted by atomic mass is 32.1. The largest absolute Gasteiger partial charge is 0.135 e. The van der Waals surface area contributed by atoms with Crippen molar-refractivity contribution in [3.63, 3.8) is 0 Å². The molecule has 1 heteroatoms. The first-order valence-electron chi connectivity index (χ1n) is 36.9. The number of hydrogen-bond donors (Lipinski definition) is 0. The fourth-order valence-corrected chi connectivity index (χ4v) is 19.9. The van der Waals surface area contributed by atoms with Crippen LogP contribution in [0.4, 0.5) is 0 Å². The van der Waals surface area contributed by atoms with E-state index in [1.807, 2.05) is 11.3 Å². The molecule has 0 fully saturated rings. The van der Waals surface area contributed by atoms with Crippen LogP contribution in [0.3, 0.4) is 0 Å². The molecule has 0 atom stereocenters. The molecule has 0 saturated heterocycles. The third-order valence-corrected chi connectivity index (χ3v) is 24.8. The van der Waals surface area contributed by atoms with E-state index in [-0.39, 0.29) is 10.8 Å². The zero-order valence-electron chi connectivity index (χ0n) is 58.9. The molecular formula is C104H70S. The van der Waals surface area contributed by atoms with Crippen molar-refractivity contribution in [1.29, 1.82) is 0 Å². The van der Waals surface area contributed by atoms with E-state index in [1.54, 1.807) is 0 Å². The Kier molecular flexibility index (Phi) is 13.7. The van der Waals surface area contributed by atoms with Gasteiger partial charge in [0.15, 0.2) is 0 Å². The summed E-state index contributed by atoms with van der Waals surface area (Å²) in [4.78, 5) is 0. The second kappa shape index (κ2) is 23.5. The van der Waals surface area contributed by atoms with Crippen molar-refractivity contribution in [2.24, 2.45) is 0 Å². The summed E-state index contributed by atoms with van der Waals surface area (Å²) < 4.78 is 2.67. The van der Waals surface area contributed by atoms with Crippen LogP contribution in [0.2, 0.25) is 0 Å². The van der Waals surface area contributed by atoms with E-state index in [0.29, 0.717) is 0 Å². The summed E-state index contributed by atoms with van der Waals surface area (Å²) in [7, 11) is 0. The van der Waals surface area contributed by atoms with Gasteiger partial charge in [-0.1, -0.05) is 343 Å². The molecule has 2 aliphatic rings. The van der Waals surface area contributed by atoms with Crippen LogP contribution in [0, 0.1) is 0 Å². The minimum absolute atomic E-state index is 0.0502. The molecule has 105 heavy (non-hydrogen) atoms. The van der Waals surface area contributed by atoms with Crippen molar-refractivity contribution in [2.45, 2.75) is 38.5 Å². The van der Waals surface area contributed by atoms with E-state index in [0.717, 1.165) is 0 Å². The maximum atomic E-state index is 2.42. The summed E-state index contributed by atoms with van der Waals surface area (Å²) in [6, 6.07) is 131. The maximum Gasteiger partial charge on any atom is 0.0355 e. The summed E-state index contributed by atoms with van der Waals surface area (Å²) in [5, 5.41) is 23.3. The van der Waals surface area contributed by atoms with Gasteiger partial charge in [0.25, 0.3) is 0 Å². The molecule has 0 radical (unpaired) electrons. The van der Waals surface area contributed by atoms with Crippen LogP contribution in [0.1, 0.15) is 49.9 Å². The lowest BCUT2D eigenvalue weighted by Crippen LogP contribution is -2.15. The van der Waals surface area contributed by atoms with Gasteiger partial charge in [0.1, 0.15) is 0 Å². The SMILES string of the molecule is CC1(C)c2ccc(-c3ccc(-c4c5ccccc5c(-c5ccc6ccc7ccccc7c6c5)c5ccccc45)cc3)cc2-c2ccc3ccccc3c21.CC1(C)c2ccc(-c3ccc(-c4c5ccccc5c(-c5ccc6sc7ccccc7c6c5)c5ccccc45)cc3)cc2-c2ccc3ccccc3c21. The van der Waals surface area contributed by atoms with Crippen molar-refractivity contribution in [3.05, 3.63) is 374 Å². The van der Waals surface area contributed by atoms with E-state index < -0.39 is 0 Å². The number of benzene rings is 19. The van der Waals surface area contributed by atoms with E-state index in [2.05, 4.69) is 380 Å². The molecule has 0 aliphatic heterocycles. The van der Waals surface area contributed by atoms with Crippen LogP contribution in [0.15, 0.2) is 352 Å². The van der Waals surface area contributed by atoms with Crippen LogP contribution in [-0.2, 0) is 10.8 Å². The van der Waals surface area contributed by atoms with Crippen molar-refractivity contribution >= 4 is 118 Å². The van der Waals surface area contributed by atoms with Crippen LogP contribution in [-0.4, -0.2) is 0 Å². The highest BCUT2D eigenvalue weighted by molar-refractivity contribution is 7.25. The van der Waals surface area contributed by atoms with Gasteiger partial charge in [0.05, 0.1) is 0 Å². The number of thiophene rings is 1. The fourth-order valence-electron chi connectivity index (χ4n) is 18.8. The Labute approximate surface area is 615 Å². The quantitative estimate of drug-likeness (QED) is 0.115. The lowest BCUT2D eigenvalue weighted by molar-refractivity contribution is 0.666.